The van der Waals surface area contributed by atoms with E-state index < -0.39 is 0 Å². The van der Waals surface area contributed by atoms with Crippen LogP contribution in [0.2, 0.25) is 0 Å². The van der Waals surface area contributed by atoms with E-state index in [0.29, 0.717) is 35.7 Å². The van der Waals surface area contributed by atoms with Crippen molar-refractivity contribution in [2.24, 2.45) is 4.99 Å². The lowest BCUT2D eigenvalue weighted by Gasteiger charge is -2.47. The van der Waals surface area contributed by atoms with Crippen LogP contribution in [0.25, 0.3) is 22.3 Å². The van der Waals surface area contributed by atoms with Gasteiger partial charge in [0.1, 0.15) is 5.82 Å². The summed E-state index contributed by atoms with van der Waals surface area (Å²) in [6, 6.07) is 7.31. The third-order valence-corrected chi connectivity index (χ3v) is 5.35. The Balaban J connectivity index is 1.48. The van der Waals surface area contributed by atoms with Crippen molar-refractivity contribution >= 4 is 29.0 Å². The number of morpholine rings is 1. The Morgan fingerprint density at radius 2 is 2.00 bits per heavy atom. The SMILES string of the molecule is CN=Cc1cc(-c2cnc3ccc(C(=O)N4CC5CC(C4)O5)cc3n2)cnc1N. The number of nitrogens with zero attached hydrogens (tertiary/aromatic N) is 5. The number of hydrogen-bond donors (Lipinski definition) is 1. The summed E-state index contributed by atoms with van der Waals surface area (Å²) in [6.45, 7) is 1.30. The minimum atomic E-state index is 0.00713. The molecule has 1 amide bonds. The van der Waals surface area contributed by atoms with Crippen LogP contribution in [0.3, 0.4) is 0 Å². The van der Waals surface area contributed by atoms with Gasteiger partial charge < -0.3 is 15.4 Å². The summed E-state index contributed by atoms with van der Waals surface area (Å²) < 4.78 is 5.62. The number of amides is 1. The van der Waals surface area contributed by atoms with E-state index in [-0.39, 0.29) is 18.1 Å². The normalized spacial score (nSPS) is 20.8. The van der Waals surface area contributed by atoms with E-state index in [1.165, 1.54) is 0 Å². The lowest BCUT2D eigenvalue weighted by atomic mass is 9.98. The average molecular weight is 388 g/mol. The molecule has 146 valence electrons. The number of carbonyl (C=O) groups is 1. The van der Waals surface area contributed by atoms with Gasteiger partial charge in [-0.3, -0.25) is 14.8 Å². The largest absolute Gasteiger partial charge is 0.383 e. The van der Waals surface area contributed by atoms with Gasteiger partial charge in [0.2, 0.25) is 0 Å². The van der Waals surface area contributed by atoms with Gasteiger partial charge in [0.25, 0.3) is 5.91 Å². The fourth-order valence-electron chi connectivity index (χ4n) is 3.86. The highest BCUT2D eigenvalue weighted by Gasteiger charge is 2.40. The quantitative estimate of drug-likeness (QED) is 0.687. The molecule has 2 N–H and O–H groups in total. The highest BCUT2D eigenvalue weighted by molar-refractivity contribution is 5.97. The van der Waals surface area contributed by atoms with Gasteiger partial charge in [0.15, 0.2) is 0 Å². The summed E-state index contributed by atoms with van der Waals surface area (Å²) in [5, 5.41) is 0. The molecular formula is C21H20N6O2. The molecule has 2 atom stereocenters. The molecule has 0 aliphatic carbocycles. The number of rotatable bonds is 3. The minimum Gasteiger partial charge on any atom is -0.383 e. The van der Waals surface area contributed by atoms with Gasteiger partial charge in [-0.15, -0.1) is 0 Å². The minimum absolute atomic E-state index is 0.00713. The molecule has 0 radical (unpaired) electrons. The molecule has 3 aromatic rings. The van der Waals surface area contributed by atoms with E-state index in [2.05, 4.69) is 15.0 Å². The molecule has 2 aromatic heterocycles. The molecule has 8 heteroatoms. The molecular weight excluding hydrogens is 368 g/mol. The third-order valence-electron chi connectivity index (χ3n) is 5.35. The number of piperidine rings is 1. The van der Waals surface area contributed by atoms with Crippen LogP contribution in [0.1, 0.15) is 22.3 Å². The van der Waals surface area contributed by atoms with Gasteiger partial charge >= 0.3 is 0 Å². The Kier molecular flexibility index (Phi) is 4.21. The topological polar surface area (TPSA) is 107 Å². The number of aliphatic imine (C=N–C) groups is 1. The highest BCUT2D eigenvalue weighted by Crippen LogP contribution is 2.29. The molecule has 0 spiro atoms. The second-order valence-corrected chi connectivity index (χ2v) is 7.37. The van der Waals surface area contributed by atoms with Crippen molar-refractivity contribution in [3.05, 3.63) is 47.8 Å². The molecule has 8 nitrogen and oxygen atoms in total. The monoisotopic (exact) mass is 388 g/mol. The maximum Gasteiger partial charge on any atom is 0.254 e. The molecule has 3 aliphatic heterocycles. The number of benzene rings is 1. The number of anilines is 1. The van der Waals surface area contributed by atoms with Crippen molar-refractivity contribution in [3.8, 4) is 11.3 Å². The van der Waals surface area contributed by atoms with Crippen LogP contribution in [-0.4, -0.2) is 64.3 Å². The van der Waals surface area contributed by atoms with E-state index >= 15 is 0 Å². The van der Waals surface area contributed by atoms with Gasteiger partial charge in [-0.25, -0.2) is 9.97 Å². The van der Waals surface area contributed by atoms with Crippen LogP contribution in [0.4, 0.5) is 5.82 Å². The van der Waals surface area contributed by atoms with Gasteiger partial charge in [0.05, 0.1) is 35.1 Å². The number of aromatic nitrogens is 3. The van der Waals surface area contributed by atoms with Gasteiger partial charge in [-0.1, -0.05) is 0 Å². The number of fused-ring (bicyclic) bond motifs is 3. The number of ether oxygens (including phenoxy) is 1. The predicted molar refractivity (Wildman–Crippen MR) is 110 cm³/mol. The maximum atomic E-state index is 12.9. The number of nitrogens with two attached hydrogens (primary N) is 1. The van der Waals surface area contributed by atoms with Crippen LogP contribution in [-0.2, 0) is 4.74 Å². The predicted octanol–water partition coefficient (Wildman–Crippen LogP) is 1.94. The first-order valence-corrected chi connectivity index (χ1v) is 9.50. The summed E-state index contributed by atoms with van der Waals surface area (Å²) >= 11 is 0. The van der Waals surface area contributed by atoms with E-state index in [1.807, 2.05) is 17.0 Å². The fraction of sp³-hybridized carbons (Fsp3) is 0.286. The second kappa shape index (κ2) is 6.89. The average Bonchev–Trinajstić information content (AvgIpc) is 2.74. The summed E-state index contributed by atoms with van der Waals surface area (Å²) in [5.41, 5.74) is 10.1. The molecule has 2 unspecified atom stereocenters. The Morgan fingerprint density at radius 3 is 2.76 bits per heavy atom. The van der Waals surface area contributed by atoms with E-state index in [9.17, 15) is 4.79 Å². The van der Waals surface area contributed by atoms with Gasteiger partial charge in [-0.2, -0.15) is 0 Å². The Bertz CT molecular complexity index is 1130. The van der Waals surface area contributed by atoms with Gasteiger partial charge in [0, 0.05) is 55.7 Å². The van der Waals surface area contributed by atoms with Crippen molar-refractivity contribution < 1.29 is 9.53 Å². The Morgan fingerprint density at radius 1 is 1.21 bits per heavy atom. The fourth-order valence-corrected chi connectivity index (χ4v) is 3.86. The van der Waals surface area contributed by atoms with Crippen molar-refractivity contribution in [1.82, 2.24) is 19.9 Å². The van der Waals surface area contributed by atoms with Gasteiger partial charge in [-0.05, 0) is 24.3 Å². The summed E-state index contributed by atoms with van der Waals surface area (Å²) in [6.07, 6.45) is 6.43. The van der Waals surface area contributed by atoms with Crippen molar-refractivity contribution in [3.63, 3.8) is 0 Å². The zero-order valence-electron chi connectivity index (χ0n) is 15.9. The highest BCUT2D eigenvalue weighted by atomic mass is 16.5. The van der Waals surface area contributed by atoms with Crippen molar-refractivity contribution in [2.45, 2.75) is 18.6 Å². The molecule has 1 aromatic carbocycles. The van der Waals surface area contributed by atoms with E-state index in [4.69, 9.17) is 15.5 Å². The van der Waals surface area contributed by atoms with Crippen molar-refractivity contribution in [2.75, 3.05) is 25.9 Å². The molecule has 3 fully saturated rings. The molecule has 0 saturated carbocycles. The van der Waals surface area contributed by atoms with Crippen LogP contribution < -0.4 is 5.73 Å². The molecule has 5 heterocycles. The van der Waals surface area contributed by atoms with Crippen LogP contribution in [0.5, 0.6) is 0 Å². The summed E-state index contributed by atoms with van der Waals surface area (Å²) in [4.78, 5) is 32.2. The number of carbonyl (C=O) groups excluding carboxylic acids is 1. The maximum absolute atomic E-state index is 12.9. The molecule has 3 aliphatic rings. The summed E-state index contributed by atoms with van der Waals surface area (Å²) in [7, 11) is 1.68. The zero-order chi connectivity index (χ0) is 20.0. The Hall–Kier alpha value is -3.39. The van der Waals surface area contributed by atoms with Crippen LogP contribution >= 0.6 is 0 Å². The molecule has 6 rings (SSSR count). The summed E-state index contributed by atoms with van der Waals surface area (Å²) in [5.74, 6) is 0.414. The lowest BCUT2D eigenvalue weighted by molar-refractivity contribution is -0.171. The first-order valence-electron chi connectivity index (χ1n) is 9.50. The first-order chi connectivity index (χ1) is 14.1. The lowest BCUT2D eigenvalue weighted by Crippen LogP contribution is -2.58. The number of hydrogen-bond acceptors (Lipinski definition) is 7. The second-order valence-electron chi connectivity index (χ2n) is 7.37. The molecule has 29 heavy (non-hydrogen) atoms. The third kappa shape index (κ3) is 3.21. The Labute approximate surface area is 167 Å². The molecule has 2 bridgehead atoms. The molecule has 3 saturated heterocycles. The van der Waals surface area contributed by atoms with E-state index in [0.717, 1.165) is 23.1 Å². The van der Waals surface area contributed by atoms with Crippen LogP contribution in [0.15, 0.2) is 41.7 Å². The van der Waals surface area contributed by atoms with Crippen LogP contribution in [0, 0.1) is 0 Å². The zero-order valence-corrected chi connectivity index (χ0v) is 15.9. The number of pyridine rings is 1. The number of nitrogen functional groups attached to an aromatic ring is 1. The first kappa shape index (κ1) is 17.7. The van der Waals surface area contributed by atoms with Crippen molar-refractivity contribution in [1.29, 1.82) is 0 Å². The standard InChI is InChI=1S/C21H20N6O2/c1-23-7-14-4-13(8-25-20(14)22)19-9-24-17-3-2-12(5-18(17)26-19)21(28)27-10-15-6-16(11-27)29-15/h2-5,7-9,15-16H,6,10-11H2,1H3,(H2,22,25). The van der Waals surface area contributed by atoms with E-state index in [1.54, 1.807) is 37.8 Å². The smallest absolute Gasteiger partial charge is 0.254 e.